The monoisotopic (exact) mass is 339 g/mol. The summed E-state index contributed by atoms with van der Waals surface area (Å²) in [5.74, 6) is 2.46. The molecule has 0 spiro atoms. The minimum atomic E-state index is -0.128. The number of H-pyrrole nitrogens is 1. The molecule has 0 saturated heterocycles. The van der Waals surface area contributed by atoms with Gasteiger partial charge in [-0.2, -0.15) is 0 Å². The van der Waals surface area contributed by atoms with Crippen molar-refractivity contribution in [1.82, 2.24) is 19.9 Å². The van der Waals surface area contributed by atoms with Crippen LogP contribution in [0.4, 0.5) is 5.82 Å². The topological polar surface area (TPSA) is 75.7 Å². The fraction of sp³-hybridized carbons (Fsp3) is 0.421. The zero-order valence-corrected chi connectivity index (χ0v) is 15.5. The van der Waals surface area contributed by atoms with Crippen LogP contribution < -0.4 is 5.32 Å². The Hall–Kier alpha value is -2.47. The minimum Gasteiger partial charge on any atom is -0.378 e. The number of para-hydroxylation sites is 1. The van der Waals surface area contributed by atoms with Gasteiger partial charge in [-0.05, 0) is 18.6 Å². The van der Waals surface area contributed by atoms with Gasteiger partial charge in [0.25, 0.3) is 0 Å². The molecule has 2 aromatic heterocycles. The lowest BCUT2D eigenvalue weighted by Crippen LogP contribution is -2.18. The number of imidazole rings is 1. The molecule has 0 radical (unpaired) electrons. The predicted molar refractivity (Wildman–Crippen MR) is 99.6 cm³/mol. The van der Waals surface area contributed by atoms with Crippen LogP contribution in [0.5, 0.6) is 0 Å². The maximum absolute atomic E-state index is 5.23. The van der Waals surface area contributed by atoms with Crippen molar-refractivity contribution in [2.45, 2.75) is 46.3 Å². The van der Waals surface area contributed by atoms with Gasteiger partial charge in [-0.15, -0.1) is 0 Å². The van der Waals surface area contributed by atoms with Gasteiger partial charge in [-0.3, -0.25) is 0 Å². The van der Waals surface area contributed by atoms with Crippen molar-refractivity contribution in [3.8, 4) is 0 Å². The Balaban J connectivity index is 1.83. The zero-order chi connectivity index (χ0) is 18.0. The van der Waals surface area contributed by atoms with Gasteiger partial charge >= 0.3 is 0 Å². The Labute approximate surface area is 148 Å². The minimum absolute atomic E-state index is 0.128. The second-order valence-corrected chi connectivity index (χ2v) is 7.26. The van der Waals surface area contributed by atoms with Crippen LogP contribution in [0.25, 0.3) is 11.0 Å². The first-order chi connectivity index (χ1) is 11.9. The number of fused-ring (bicyclic) bond motifs is 1. The second kappa shape index (κ2) is 6.80. The summed E-state index contributed by atoms with van der Waals surface area (Å²) in [6.45, 7) is 9.41. The summed E-state index contributed by atoms with van der Waals surface area (Å²) < 4.78 is 5.23. The molecule has 0 atom stereocenters. The highest BCUT2D eigenvalue weighted by Crippen LogP contribution is 2.21. The van der Waals surface area contributed by atoms with Crippen molar-refractivity contribution in [2.75, 3.05) is 12.4 Å². The van der Waals surface area contributed by atoms with Crippen LogP contribution in [0.1, 0.15) is 43.7 Å². The van der Waals surface area contributed by atoms with Crippen LogP contribution in [0, 0.1) is 6.92 Å². The lowest BCUT2D eigenvalue weighted by atomic mass is 9.95. The predicted octanol–water partition coefficient (Wildman–Crippen LogP) is 3.72. The van der Waals surface area contributed by atoms with Gasteiger partial charge in [-0.25, -0.2) is 15.0 Å². The van der Waals surface area contributed by atoms with E-state index in [4.69, 9.17) is 4.74 Å². The summed E-state index contributed by atoms with van der Waals surface area (Å²) in [5.41, 5.74) is 3.97. The molecule has 25 heavy (non-hydrogen) atoms. The summed E-state index contributed by atoms with van der Waals surface area (Å²) in [6.07, 6.45) is 0. The first-order valence-electron chi connectivity index (χ1n) is 8.42. The Morgan fingerprint density at radius 2 is 1.96 bits per heavy atom. The van der Waals surface area contributed by atoms with Gasteiger partial charge < -0.3 is 15.0 Å². The molecule has 132 valence electrons. The number of ether oxygens (including phenoxy) is 1. The van der Waals surface area contributed by atoms with Gasteiger partial charge in [0.1, 0.15) is 17.5 Å². The number of anilines is 1. The summed E-state index contributed by atoms with van der Waals surface area (Å²) >= 11 is 0. The van der Waals surface area contributed by atoms with E-state index in [-0.39, 0.29) is 5.41 Å². The number of methoxy groups -OCH3 is 1. The number of nitrogens with zero attached hydrogens (tertiary/aromatic N) is 3. The molecule has 2 heterocycles. The molecule has 0 unspecified atom stereocenters. The Kier molecular flexibility index (Phi) is 4.72. The summed E-state index contributed by atoms with van der Waals surface area (Å²) in [5, 5.41) is 3.35. The van der Waals surface area contributed by atoms with E-state index in [1.807, 2.05) is 18.2 Å². The molecule has 0 bridgehead atoms. The van der Waals surface area contributed by atoms with E-state index in [0.717, 1.165) is 34.2 Å². The molecule has 3 aromatic rings. The van der Waals surface area contributed by atoms with Crippen molar-refractivity contribution in [1.29, 1.82) is 0 Å². The van der Waals surface area contributed by atoms with E-state index in [1.54, 1.807) is 7.11 Å². The van der Waals surface area contributed by atoms with Crippen molar-refractivity contribution >= 4 is 16.9 Å². The molecular weight excluding hydrogens is 314 g/mol. The van der Waals surface area contributed by atoms with Crippen molar-refractivity contribution < 1.29 is 4.74 Å². The zero-order valence-electron chi connectivity index (χ0n) is 15.5. The van der Waals surface area contributed by atoms with Gasteiger partial charge in [0.15, 0.2) is 0 Å². The molecular formula is C19H25N5O. The number of nitrogens with one attached hydrogen (secondary N) is 2. The first-order valence-corrected chi connectivity index (χ1v) is 8.42. The normalized spacial score (nSPS) is 11.9. The Morgan fingerprint density at radius 3 is 2.64 bits per heavy atom. The maximum atomic E-state index is 5.23. The van der Waals surface area contributed by atoms with Crippen LogP contribution in [0.15, 0.2) is 24.3 Å². The average molecular weight is 339 g/mol. The standard InChI is InChI=1S/C19H25N5O/c1-12-7-6-8-14-17(12)23-16(22-14)10-20-15-9-13(11-25-5)21-18(24-15)19(2,3)4/h6-9H,10-11H2,1-5H3,(H,22,23)(H,20,21,24). The molecule has 1 aromatic carbocycles. The lowest BCUT2D eigenvalue weighted by Gasteiger charge is -2.18. The van der Waals surface area contributed by atoms with E-state index in [9.17, 15) is 0 Å². The molecule has 6 heteroatoms. The molecule has 0 amide bonds. The van der Waals surface area contributed by atoms with Crippen LogP contribution >= 0.6 is 0 Å². The third kappa shape index (κ3) is 3.96. The van der Waals surface area contributed by atoms with Gasteiger partial charge in [0.2, 0.25) is 0 Å². The van der Waals surface area contributed by atoms with Gasteiger partial charge in [0, 0.05) is 18.6 Å². The molecule has 0 saturated carbocycles. The van der Waals surface area contributed by atoms with Gasteiger partial charge in [-0.1, -0.05) is 32.9 Å². The van der Waals surface area contributed by atoms with Gasteiger partial charge in [0.05, 0.1) is 29.9 Å². The molecule has 2 N–H and O–H groups in total. The summed E-state index contributed by atoms with van der Waals surface area (Å²) in [6, 6.07) is 8.06. The SMILES string of the molecule is COCc1cc(NCc2nc3c(C)cccc3[nH]2)nc(C(C)(C)C)n1. The third-order valence-electron chi connectivity index (χ3n) is 3.94. The highest BCUT2D eigenvalue weighted by molar-refractivity contribution is 5.78. The molecule has 0 aliphatic carbocycles. The number of hydrogen-bond acceptors (Lipinski definition) is 5. The number of aryl methyl sites for hydroxylation is 1. The quantitative estimate of drug-likeness (QED) is 0.741. The van der Waals surface area contributed by atoms with Crippen molar-refractivity contribution in [3.05, 3.63) is 47.2 Å². The molecule has 6 nitrogen and oxygen atoms in total. The van der Waals surface area contributed by atoms with E-state index in [1.165, 1.54) is 5.56 Å². The fourth-order valence-electron chi connectivity index (χ4n) is 2.63. The molecule has 0 fully saturated rings. The maximum Gasteiger partial charge on any atom is 0.136 e. The van der Waals surface area contributed by atoms with Crippen molar-refractivity contribution in [3.63, 3.8) is 0 Å². The molecule has 0 aliphatic heterocycles. The largest absolute Gasteiger partial charge is 0.378 e. The van der Waals surface area contributed by atoms with Crippen molar-refractivity contribution in [2.24, 2.45) is 0 Å². The fourth-order valence-corrected chi connectivity index (χ4v) is 2.63. The van der Waals surface area contributed by atoms with E-state index >= 15 is 0 Å². The Bertz CT molecular complexity index is 879. The third-order valence-corrected chi connectivity index (χ3v) is 3.94. The number of rotatable bonds is 5. The molecule has 3 rings (SSSR count). The van der Waals surface area contributed by atoms with Crippen LogP contribution in [0.3, 0.4) is 0 Å². The van der Waals surface area contributed by atoms with Crippen LogP contribution in [-0.4, -0.2) is 27.0 Å². The second-order valence-electron chi connectivity index (χ2n) is 7.26. The summed E-state index contributed by atoms with van der Waals surface area (Å²) in [4.78, 5) is 17.3. The number of aromatic nitrogens is 4. The Morgan fingerprint density at radius 1 is 1.16 bits per heavy atom. The number of aromatic amines is 1. The number of benzene rings is 1. The lowest BCUT2D eigenvalue weighted by molar-refractivity contribution is 0.181. The van der Waals surface area contributed by atoms with Crippen LogP contribution in [0.2, 0.25) is 0 Å². The number of hydrogen-bond donors (Lipinski definition) is 2. The van der Waals surface area contributed by atoms with Crippen LogP contribution in [-0.2, 0) is 23.3 Å². The first kappa shape index (κ1) is 17.4. The summed E-state index contributed by atoms with van der Waals surface area (Å²) in [7, 11) is 1.67. The van der Waals surface area contributed by atoms with E-state index in [2.05, 4.69) is 59.0 Å². The highest BCUT2D eigenvalue weighted by atomic mass is 16.5. The van der Waals surface area contributed by atoms with E-state index < -0.39 is 0 Å². The average Bonchev–Trinajstić information content (AvgIpc) is 2.97. The smallest absolute Gasteiger partial charge is 0.136 e. The molecule has 0 aliphatic rings. The highest BCUT2D eigenvalue weighted by Gasteiger charge is 2.19. The van der Waals surface area contributed by atoms with E-state index in [0.29, 0.717) is 13.2 Å².